The third-order valence-electron chi connectivity index (χ3n) is 5.66. The molecule has 2 aromatic rings. The first-order valence-corrected chi connectivity index (χ1v) is 11.2. The zero-order valence-corrected chi connectivity index (χ0v) is 17.2. The Bertz CT molecular complexity index is 1080. The van der Waals surface area contributed by atoms with Crippen molar-refractivity contribution >= 4 is 21.2 Å². The van der Waals surface area contributed by atoms with Crippen LogP contribution in [0.4, 0.5) is 37.7 Å². The number of nitrogens with zero attached hydrogens (tertiary/aromatic N) is 1. The van der Waals surface area contributed by atoms with Gasteiger partial charge >= 0.3 is 12.4 Å². The predicted octanol–water partition coefficient (Wildman–Crippen LogP) is 4.12. The Kier molecular flexibility index (Phi) is 5.45. The lowest BCUT2D eigenvalue weighted by molar-refractivity contribution is -0.138. The lowest BCUT2D eigenvalue weighted by Crippen LogP contribution is -2.45. The van der Waals surface area contributed by atoms with Crippen LogP contribution in [-0.2, 0) is 22.2 Å². The summed E-state index contributed by atoms with van der Waals surface area (Å²) in [4.78, 5) is -0.143. The molecule has 2 aliphatic rings. The zero-order chi connectivity index (χ0) is 23.5. The molecule has 1 saturated heterocycles. The van der Waals surface area contributed by atoms with Gasteiger partial charge in [-0.2, -0.15) is 26.3 Å². The van der Waals surface area contributed by atoms with E-state index in [0.29, 0.717) is 31.5 Å². The molecule has 2 atom stereocenters. The lowest BCUT2D eigenvalue weighted by atomic mass is 10.0. The van der Waals surface area contributed by atoms with E-state index >= 15 is 0 Å². The van der Waals surface area contributed by atoms with Crippen LogP contribution < -0.4 is 10.2 Å². The maximum Gasteiger partial charge on any atom is 0.416 e. The number of hydrogen-bond acceptors (Lipinski definition) is 5. The van der Waals surface area contributed by atoms with Crippen LogP contribution in [-0.4, -0.2) is 38.8 Å². The van der Waals surface area contributed by atoms with Crippen molar-refractivity contribution in [2.24, 2.45) is 0 Å². The van der Waals surface area contributed by atoms with Crippen LogP contribution >= 0.6 is 0 Å². The smallest absolute Gasteiger partial charge is 0.390 e. The van der Waals surface area contributed by atoms with E-state index in [0.717, 1.165) is 24.3 Å². The summed E-state index contributed by atoms with van der Waals surface area (Å²) in [6, 6.07) is 3.52. The normalized spacial score (nSPS) is 23.3. The Morgan fingerprint density at radius 1 is 0.906 bits per heavy atom. The lowest BCUT2D eigenvalue weighted by Gasteiger charge is -2.40. The second kappa shape index (κ2) is 7.63. The standard InChI is InChI=1S/C20H18F6N2O3S/c21-19(22,23)11-3-5-14-17(8-11)32(30,31)18-9-12(20(24,25)26)4-6-15(18)28(14)13-2-1-7-27-10-16(13)29/h3-6,8-9,13,16,27,29H,1-2,7,10H2/t13-,16-/m0/s1. The average molecular weight is 480 g/mol. The molecule has 32 heavy (non-hydrogen) atoms. The van der Waals surface area contributed by atoms with Crippen LogP contribution in [0.1, 0.15) is 24.0 Å². The maximum atomic E-state index is 13.3. The number of aliphatic hydroxyl groups excluding tert-OH is 1. The molecule has 1 fully saturated rings. The Balaban J connectivity index is 2.00. The average Bonchev–Trinajstić information content (AvgIpc) is 2.91. The van der Waals surface area contributed by atoms with Crippen molar-refractivity contribution in [1.29, 1.82) is 0 Å². The highest BCUT2D eigenvalue weighted by atomic mass is 32.2. The highest BCUT2D eigenvalue weighted by Gasteiger charge is 2.43. The predicted molar refractivity (Wildman–Crippen MR) is 102 cm³/mol. The fourth-order valence-electron chi connectivity index (χ4n) is 4.13. The fourth-order valence-corrected chi connectivity index (χ4v) is 5.82. The molecule has 0 radical (unpaired) electrons. The number of β-amino-alcohol motifs (C(OH)–C–C–N with tert-alkyl or cyclic N) is 1. The molecule has 0 aromatic heterocycles. The summed E-state index contributed by atoms with van der Waals surface area (Å²) >= 11 is 0. The zero-order valence-electron chi connectivity index (χ0n) is 16.3. The number of fused-ring (bicyclic) bond motifs is 2. The van der Waals surface area contributed by atoms with Gasteiger partial charge in [-0.1, -0.05) is 0 Å². The maximum absolute atomic E-state index is 13.3. The van der Waals surface area contributed by atoms with Crippen molar-refractivity contribution in [2.75, 3.05) is 18.0 Å². The number of alkyl halides is 6. The first kappa shape index (κ1) is 22.9. The molecule has 0 saturated carbocycles. The molecule has 2 aromatic carbocycles. The molecule has 0 spiro atoms. The van der Waals surface area contributed by atoms with E-state index in [-0.39, 0.29) is 17.9 Å². The van der Waals surface area contributed by atoms with E-state index in [1.807, 2.05) is 0 Å². The van der Waals surface area contributed by atoms with Crippen LogP contribution in [0.3, 0.4) is 0 Å². The van der Waals surface area contributed by atoms with Crippen LogP contribution in [0.25, 0.3) is 0 Å². The minimum atomic E-state index is -4.85. The number of anilines is 2. The minimum absolute atomic E-state index is 0.115. The van der Waals surface area contributed by atoms with Crippen molar-refractivity contribution in [2.45, 2.75) is 47.1 Å². The Morgan fingerprint density at radius 3 is 1.88 bits per heavy atom. The first-order chi connectivity index (χ1) is 14.8. The van der Waals surface area contributed by atoms with Crippen molar-refractivity contribution in [3.63, 3.8) is 0 Å². The van der Waals surface area contributed by atoms with E-state index in [9.17, 15) is 39.9 Å². The molecule has 12 heteroatoms. The number of rotatable bonds is 1. The highest BCUT2D eigenvalue weighted by Crippen LogP contribution is 2.49. The number of aliphatic hydroxyl groups is 1. The van der Waals surface area contributed by atoms with E-state index in [2.05, 4.69) is 5.32 Å². The van der Waals surface area contributed by atoms with E-state index in [4.69, 9.17) is 0 Å². The molecule has 2 N–H and O–H groups in total. The van der Waals surface area contributed by atoms with Gasteiger partial charge in [0, 0.05) is 6.54 Å². The molecule has 0 aliphatic carbocycles. The van der Waals surface area contributed by atoms with E-state index in [1.54, 1.807) is 0 Å². The largest absolute Gasteiger partial charge is 0.416 e. The van der Waals surface area contributed by atoms with Gasteiger partial charge in [0.25, 0.3) is 0 Å². The monoisotopic (exact) mass is 480 g/mol. The topological polar surface area (TPSA) is 69.6 Å². The van der Waals surface area contributed by atoms with Crippen LogP contribution in [0, 0.1) is 0 Å². The summed E-state index contributed by atoms with van der Waals surface area (Å²) in [7, 11) is -4.70. The Hall–Kier alpha value is -2.31. The molecule has 2 aliphatic heterocycles. The quantitative estimate of drug-likeness (QED) is 0.601. The van der Waals surface area contributed by atoms with Crippen molar-refractivity contribution < 1.29 is 39.9 Å². The van der Waals surface area contributed by atoms with Crippen molar-refractivity contribution in [3.8, 4) is 0 Å². The summed E-state index contributed by atoms with van der Waals surface area (Å²) in [6.45, 7) is 0.694. The molecule has 0 amide bonds. The molecule has 0 unspecified atom stereocenters. The second-order valence-corrected chi connectivity index (χ2v) is 9.60. The number of nitrogens with one attached hydrogen (secondary N) is 1. The Morgan fingerprint density at radius 2 is 1.41 bits per heavy atom. The van der Waals surface area contributed by atoms with Gasteiger partial charge < -0.3 is 15.3 Å². The van der Waals surface area contributed by atoms with Gasteiger partial charge in [-0.15, -0.1) is 0 Å². The minimum Gasteiger partial charge on any atom is -0.390 e. The summed E-state index contributed by atoms with van der Waals surface area (Å²) in [6.07, 6.45) is -9.83. The molecule has 174 valence electrons. The van der Waals surface area contributed by atoms with Gasteiger partial charge in [0.15, 0.2) is 0 Å². The van der Waals surface area contributed by atoms with Gasteiger partial charge in [-0.3, -0.25) is 0 Å². The van der Waals surface area contributed by atoms with Gasteiger partial charge in [0.2, 0.25) is 9.84 Å². The second-order valence-electron chi connectivity index (χ2n) is 7.72. The number of hydrogen-bond donors (Lipinski definition) is 2. The summed E-state index contributed by atoms with van der Waals surface area (Å²) in [5.41, 5.74) is -2.70. The number of sulfone groups is 1. The van der Waals surface area contributed by atoms with Gasteiger partial charge in [-0.25, -0.2) is 8.42 Å². The molecule has 4 rings (SSSR count). The molecular formula is C20H18F6N2O3S. The van der Waals surface area contributed by atoms with Crippen molar-refractivity contribution in [1.82, 2.24) is 5.32 Å². The molecular weight excluding hydrogens is 462 g/mol. The number of benzene rings is 2. The van der Waals surface area contributed by atoms with Crippen LogP contribution in [0.15, 0.2) is 46.2 Å². The number of halogens is 6. The summed E-state index contributed by atoms with van der Waals surface area (Å²) in [5, 5.41) is 13.6. The SMILES string of the molecule is O=S1(=O)c2cc(C(F)(F)F)ccc2N([C@H]2CCCNC[C@@H]2O)c2ccc(C(F)(F)F)cc21. The van der Waals surface area contributed by atoms with E-state index < -0.39 is 55.3 Å². The van der Waals surface area contributed by atoms with Gasteiger partial charge in [-0.05, 0) is 55.8 Å². The summed E-state index contributed by atoms with van der Waals surface area (Å²) < 4.78 is 106. The van der Waals surface area contributed by atoms with Crippen LogP contribution in [0.2, 0.25) is 0 Å². The molecule has 0 bridgehead atoms. The third kappa shape index (κ3) is 3.84. The van der Waals surface area contributed by atoms with E-state index in [1.165, 1.54) is 4.90 Å². The van der Waals surface area contributed by atoms with Gasteiger partial charge in [0.05, 0.1) is 44.4 Å². The van der Waals surface area contributed by atoms with Gasteiger partial charge in [0.1, 0.15) is 0 Å². The van der Waals surface area contributed by atoms with Crippen molar-refractivity contribution in [3.05, 3.63) is 47.5 Å². The first-order valence-electron chi connectivity index (χ1n) is 9.67. The third-order valence-corrected chi connectivity index (χ3v) is 7.47. The summed E-state index contributed by atoms with van der Waals surface area (Å²) in [5.74, 6) is 0. The molecule has 5 nitrogen and oxygen atoms in total. The highest BCUT2D eigenvalue weighted by molar-refractivity contribution is 7.92. The van der Waals surface area contributed by atoms with Crippen LogP contribution in [0.5, 0.6) is 0 Å². The Labute approximate surface area is 179 Å². The fraction of sp³-hybridized carbons (Fsp3) is 0.400. The molecule has 2 heterocycles.